The molecule has 0 saturated carbocycles. The second-order valence-corrected chi connectivity index (χ2v) is 3.87. The predicted molar refractivity (Wildman–Crippen MR) is 49.9 cm³/mol. The van der Waals surface area contributed by atoms with E-state index in [1.54, 1.807) is 20.8 Å². The predicted octanol–water partition coefficient (Wildman–Crippen LogP) is 1.96. The van der Waals surface area contributed by atoms with Crippen LogP contribution >= 0.6 is 8.03 Å². The van der Waals surface area contributed by atoms with E-state index in [1.807, 2.05) is 0 Å². The highest BCUT2D eigenvalue weighted by atomic mass is 31.1. The summed E-state index contributed by atoms with van der Waals surface area (Å²) in [6.07, 6.45) is 0.238. The minimum atomic E-state index is -1.71. The summed E-state index contributed by atoms with van der Waals surface area (Å²) in [6.45, 7) is 5.96. The van der Waals surface area contributed by atoms with Crippen LogP contribution in [-0.2, 0) is 18.6 Å². The Kier molecular flexibility index (Phi) is 6.73. The summed E-state index contributed by atoms with van der Waals surface area (Å²) in [5, 5.41) is 0. The van der Waals surface area contributed by atoms with Crippen LogP contribution in [-0.4, -0.2) is 25.3 Å². The van der Waals surface area contributed by atoms with Gasteiger partial charge in [-0.3, -0.25) is 4.79 Å². The van der Waals surface area contributed by atoms with Gasteiger partial charge in [0.05, 0.1) is 13.2 Å². The molecule has 76 valence electrons. The number of carbonyl (C=O) groups excluding carboxylic acids is 1. The van der Waals surface area contributed by atoms with Crippen LogP contribution in [0.2, 0.25) is 0 Å². The summed E-state index contributed by atoms with van der Waals surface area (Å²) in [7, 11) is -1.71. The first-order valence-electron chi connectivity index (χ1n) is 4.36. The molecule has 2 atom stereocenters. The Balaban J connectivity index is 3.78. The van der Waals surface area contributed by atoms with Gasteiger partial charge < -0.3 is 4.74 Å². The van der Waals surface area contributed by atoms with Crippen LogP contribution in [0.4, 0.5) is 0 Å². The second-order valence-electron chi connectivity index (χ2n) is 2.59. The summed E-state index contributed by atoms with van der Waals surface area (Å²) < 4.78 is 20.7. The molecule has 13 heavy (non-hydrogen) atoms. The van der Waals surface area contributed by atoms with E-state index in [9.17, 15) is 9.36 Å². The topological polar surface area (TPSA) is 52.6 Å². The van der Waals surface area contributed by atoms with Crippen molar-refractivity contribution < 1.29 is 18.6 Å². The summed E-state index contributed by atoms with van der Waals surface area (Å²) in [5.41, 5.74) is 0. The molecule has 0 amide bonds. The third-order valence-corrected chi connectivity index (χ3v) is 2.78. The standard InChI is InChI=1S/C8H16O4P/c1-4-11-8(9)7(3)6-13(10)12-5-2/h7H,4-6H2,1-3H3/q+1. The fraction of sp³-hybridized carbons (Fsp3) is 0.875. The van der Waals surface area contributed by atoms with Gasteiger partial charge in [-0.1, -0.05) is 0 Å². The first-order valence-corrected chi connectivity index (χ1v) is 5.72. The van der Waals surface area contributed by atoms with Crippen LogP contribution < -0.4 is 0 Å². The molecule has 0 bridgehead atoms. The van der Waals surface area contributed by atoms with Gasteiger partial charge in [0.2, 0.25) is 0 Å². The number of hydrogen-bond acceptors (Lipinski definition) is 4. The number of esters is 1. The van der Waals surface area contributed by atoms with Crippen molar-refractivity contribution >= 4 is 14.0 Å². The number of ether oxygens (including phenoxy) is 1. The lowest BCUT2D eigenvalue weighted by atomic mass is 10.2. The molecule has 0 rings (SSSR count). The van der Waals surface area contributed by atoms with E-state index in [4.69, 9.17) is 9.26 Å². The van der Waals surface area contributed by atoms with Crippen molar-refractivity contribution in [2.24, 2.45) is 5.92 Å². The van der Waals surface area contributed by atoms with Crippen molar-refractivity contribution in [3.05, 3.63) is 0 Å². The number of rotatable bonds is 6. The normalized spacial score (nSPS) is 13.6. The molecule has 0 aliphatic carbocycles. The van der Waals surface area contributed by atoms with Crippen LogP contribution in [0.1, 0.15) is 20.8 Å². The molecule has 0 spiro atoms. The Morgan fingerprint density at radius 3 is 2.46 bits per heavy atom. The van der Waals surface area contributed by atoms with Crippen LogP contribution in [0.15, 0.2) is 0 Å². The van der Waals surface area contributed by atoms with Gasteiger partial charge >= 0.3 is 14.0 Å². The van der Waals surface area contributed by atoms with Gasteiger partial charge in [-0.15, -0.1) is 4.52 Å². The minimum absolute atomic E-state index is 0.238. The third-order valence-electron chi connectivity index (χ3n) is 1.38. The molecule has 0 fully saturated rings. The molecule has 0 N–H and O–H groups in total. The smallest absolute Gasteiger partial charge is 0.466 e. The minimum Gasteiger partial charge on any atom is -0.466 e. The first-order chi connectivity index (χ1) is 6.11. The summed E-state index contributed by atoms with van der Waals surface area (Å²) in [5.74, 6) is -0.666. The highest BCUT2D eigenvalue weighted by molar-refractivity contribution is 7.39. The Morgan fingerprint density at radius 2 is 2.00 bits per heavy atom. The molecular weight excluding hydrogens is 191 g/mol. The molecule has 0 saturated heterocycles. The largest absolute Gasteiger partial charge is 0.508 e. The van der Waals surface area contributed by atoms with Crippen LogP contribution in [0, 0.1) is 5.92 Å². The van der Waals surface area contributed by atoms with E-state index in [0.29, 0.717) is 13.2 Å². The van der Waals surface area contributed by atoms with Crippen LogP contribution in [0.5, 0.6) is 0 Å². The molecule has 2 unspecified atom stereocenters. The Labute approximate surface area is 79.5 Å². The molecule has 4 nitrogen and oxygen atoms in total. The Bertz CT molecular complexity index is 181. The first kappa shape index (κ1) is 12.5. The number of hydrogen-bond donors (Lipinski definition) is 0. The quantitative estimate of drug-likeness (QED) is 0.493. The van der Waals surface area contributed by atoms with Crippen molar-refractivity contribution in [2.45, 2.75) is 20.8 Å². The Hall–Kier alpha value is -0.470. The second kappa shape index (κ2) is 6.98. The lowest BCUT2D eigenvalue weighted by Crippen LogP contribution is -2.16. The van der Waals surface area contributed by atoms with Gasteiger partial charge in [0, 0.05) is 0 Å². The molecule has 0 aromatic heterocycles. The summed E-state index contributed by atoms with van der Waals surface area (Å²) in [4.78, 5) is 11.1. The maximum atomic E-state index is 11.1. The van der Waals surface area contributed by atoms with Crippen LogP contribution in [0.3, 0.4) is 0 Å². The van der Waals surface area contributed by atoms with Gasteiger partial charge in [-0.25, -0.2) is 0 Å². The fourth-order valence-corrected chi connectivity index (χ4v) is 1.77. The van der Waals surface area contributed by atoms with E-state index < -0.39 is 8.03 Å². The highest BCUT2D eigenvalue weighted by Gasteiger charge is 2.27. The summed E-state index contributed by atoms with van der Waals surface area (Å²) in [6, 6.07) is 0. The van der Waals surface area contributed by atoms with E-state index in [2.05, 4.69) is 0 Å². The van der Waals surface area contributed by atoms with Crippen molar-refractivity contribution in [3.63, 3.8) is 0 Å². The average molecular weight is 207 g/mol. The zero-order valence-electron chi connectivity index (χ0n) is 8.28. The van der Waals surface area contributed by atoms with E-state index in [-0.39, 0.29) is 18.0 Å². The van der Waals surface area contributed by atoms with Crippen molar-refractivity contribution in [2.75, 3.05) is 19.4 Å². The van der Waals surface area contributed by atoms with Gasteiger partial charge in [0.15, 0.2) is 6.16 Å². The zero-order valence-corrected chi connectivity index (χ0v) is 9.17. The Morgan fingerprint density at radius 1 is 1.38 bits per heavy atom. The van der Waals surface area contributed by atoms with E-state index in [0.717, 1.165) is 0 Å². The number of carbonyl (C=O) groups is 1. The van der Waals surface area contributed by atoms with Gasteiger partial charge in [-0.2, -0.15) is 0 Å². The molecule has 0 aliphatic rings. The fourth-order valence-electron chi connectivity index (χ4n) is 0.779. The maximum Gasteiger partial charge on any atom is 0.508 e. The van der Waals surface area contributed by atoms with Crippen LogP contribution in [0.25, 0.3) is 0 Å². The molecule has 0 aromatic rings. The summed E-state index contributed by atoms with van der Waals surface area (Å²) >= 11 is 0. The lowest BCUT2D eigenvalue weighted by Gasteiger charge is -2.03. The average Bonchev–Trinajstić information content (AvgIpc) is 2.05. The molecule has 0 aliphatic heterocycles. The van der Waals surface area contributed by atoms with Gasteiger partial charge in [0.1, 0.15) is 5.92 Å². The molecule has 0 heterocycles. The van der Waals surface area contributed by atoms with Crippen molar-refractivity contribution in [1.29, 1.82) is 0 Å². The molecular formula is C8H16O4P+. The van der Waals surface area contributed by atoms with Crippen molar-refractivity contribution in [3.8, 4) is 0 Å². The molecule has 5 heteroatoms. The monoisotopic (exact) mass is 207 g/mol. The van der Waals surface area contributed by atoms with Gasteiger partial charge in [-0.05, 0) is 25.3 Å². The maximum absolute atomic E-state index is 11.1. The van der Waals surface area contributed by atoms with E-state index >= 15 is 0 Å². The highest BCUT2D eigenvalue weighted by Crippen LogP contribution is 2.25. The molecule has 0 aromatic carbocycles. The zero-order chi connectivity index (χ0) is 10.3. The van der Waals surface area contributed by atoms with E-state index in [1.165, 1.54) is 0 Å². The van der Waals surface area contributed by atoms with Gasteiger partial charge in [0.25, 0.3) is 0 Å². The third kappa shape index (κ3) is 5.72. The van der Waals surface area contributed by atoms with Crippen molar-refractivity contribution in [1.82, 2.24) is 0 Å². The lowest BCUT2D eigenvalue weighted by molar-refractivity contribution is -0.146. The molecule has 0 radical (unpaired) electrons. The SMILES string of the molecule is CCOC(=O)C(C)C[P+](=O)OCC.